The van der Waals surface area contributed by atoms with Crippen molar-refractivity contribution in [2.45, 2.75) is 11.4 Å². The summed E-state index contributed by atoms with van der Waals surface area (Å²) in [4.78, 5) is 18.2. The number of sulfonamides is 1. The van der Waals surface area contributed by atoms with Gasteiger partial charge in [-0.25, -0.2) is 12.8 Å². The molecule has 0 fully saturated rings. The van der Waals surface area contributed by atoms with Gasteiger partial charge in [-0.1, -0.05) is 11.6 Å². The van der Waals surface area contributed by atoms with Gasteiger partial charge in [-0.15, -0.1) is 0 Å². The maximum atomic E-state index is 13.2. The molecule has 0 saturated carbocycles. The maximum Gasteiger partial charge on any atom is 0.264 e. The Balaban J connectivity index is 1.90. The minimum absolute atomic E-state index is 0.0711. The summed E-state index contributed by atoms with van der Waals surface area (Å²) >= 11 is 6.19. The predicted octanol–water partition coefficient (Wildman–Crippen LogP) is 3.97. The Hall–Kier alpha value is -2.97. The Morgan fingerprint density at radius 2 is 1.67 bits per heavy atom. The topological polar surface area (TPSA) is 70.6 Å². The van der Waals surface area contributed by atoms with E-state index in [9.17, 15) is 17.6 Å². The van der Waals surface area contributed by atoms with Crippen LogP contribution in [0, 0.1) is 5.82 Å². The van der Waals surface area contributed by atoms with Gasteiger partial charge >= 0.3 is 0 Å². The second-order valence-corrected chi connectivity index (χ2v) is 8.98. The standard InChI is InChI=1S/C21H19ClFN3O3S/c1-25(14-15-9-11-24-12-10-15)21(27)19-13-18(7-8-20(19)22)30(28,29)26(2)17-5-3-16(23)4-6-17/h3-13H,14H2,1-2H3. The molecular weight excluding hydrogens is 429 g/mol. The average Bonchev–Trinajstić information content (AvgIpc) is 2.74. The molecule has 0 aliphatic rings. The molecule has 156 valence electrons. The number of aromatic nitrogens is 1. The molecule has 0 unspecified atom stereocenters. The van der Waals surface area contributed by atoms with E-state index in [0.29, 0.717) is 6.54 Å². The molecule has 0 bridgehead atoms. The van der Waals surface area contributed by atoms with Gasteiger partial charge in [0.2, 0.25) is 0 Å². The second kappa shape index (κ2) is 8.81. The van der Waals surface area contributed by atoms with E-state index in [0.717, 1.165) is 9.87 Å². The minimum atomic E-state index is -3.99. The predicted molar refractivity (Wildman–Crippen MR) is 113 cm³/mol. The van der Waals surface area contributed by atoms with Crippen molar-refractivity contribution in [2.24, 2.45) is 0 Å². The van der Waals surface area contributed by atoms with Gasteiger partial charge in [0, 0.05) is 33.0 Å². The first-order valence-electron chi connectivity index (χ1n) is 8.88. The van der Waals surface area contributed by atoms with Crippen molar-refractivity contribution in [3.63, 3.8) is 0 Å². The Kier molecular flexibility index (Phi) is 6.38. The van der Waals surface area contributed by atoms with Gasteiger partial charge in [0.25, 0.3) is 15.9 Å². The molecular formula is C21H19ClFN3O3S. The number of hydrogen-bond acceptors (Lipinski definition) is 4. The summed E-state index contributed by atoms with van der Waals surface area (Å²) in [6, 6.07) is 12.6. The molecule has 0 saturated heterocycles. The fourth-order valence-corrected chi connectivity index (χ4v) is 4.24. The van der Waals surface area contributed by atoms with Gasteiger partial charge < -0.3 is 4.90 Å². The molecule has 6 nitrogen and oxygen atoms in total. The molecule has 3 rings (SSSR count). The van der Waals surface area contributed by atoms with Crippen molar-refractivity contribution in [1.82, 2.24) is 9.88 Å². The van der Waals surface area contributed by atoms with Crippen molar-refractivity contribution >= 4 is 33.2 Å². The highest BCUT2D eigenvalue weighted by molar-refractivity contribution is 7.92. The lowest BCUT2D eigenvalue weighted by molar-refractivity contribution is 0.0785. The fourth-order valence-electron chi connectivity index (χ4n) is 2.82. The summed E-state index contributed by atoms with van der Waals surface area (Å²) in [5.41, 5.74) is 1.23. The number of carbonyl (C=O) groups is 1. The van der Waals surface area contributed by atoms with Crippen molar-refractivity contribution in [1.29, 1.82) is 0 Å². The number of amides is 1. The molecule has 9 heteroatoms. The molecule has 0 N–H and O–H groups in total. The quantitative estimate of drug-likeness (QED) is 0.573. The number of hydrogen-bond donors (Lipinski definition) is 0. The first-order valence-corrected chi connectivity index (χ1v) is 10.7. The summed E-state index contributed by atoms with van der Waals surface area (Å²) in [5.74, 6) is -0.889. The van der Waals surface area contributed by atoms with Crippen LogP contribution in [0.25, 0.3) is 0 Å². The summed E-state index contributed by atoms with van der Waals surface area (Å²) in [5, 5.41) is 0.143. The third-order valence-electron chi connectivity index (χ3n) is 4.53. The molecule has 1 aromatic heterocycles. The number of carbonyl (C=O) groups excluding carboxylic acids is 1. The highest BCUT2D eigenvalue weighted by Crippen LogP contribution is 2.27. The largest absolute Gasteiger partial charge is 0.337 e. The lowest BCUT2D eigenvalue weighted by Gasteiger charge is -2.21. The first-order chi connectivity index (χ1) is 14.2. The summed E-state index contributed by atoms with van der Waals surface area (Å²) in [6.07, 6.45) is 3.25. The van der Waals surface area contributed by atoms with Gasteiger partial charge in [-0.05, 0) is 60.2 Å². The van der Waals surface area contributed by atoms with Gasteiger partial charge in [0.1, 0.15) is 5.82 Å². The third-order valence-corrected chi connectivity index (χ3v) is 6.64. The van der Waals surface area contributed by atoms with Crippen LogP contribution in [0.15, 0.2) is 71.9 Å². The van der Waals surface area contributed by atoms with E-state index in [2.05, 4.69) is 4.98 Å². The number of halogens is 2. The highest BCUT2D eigenvalue weighted by atomic mass is 35.5. The van der Waals surface area contributed by atoms with Crippen molar-refractivity contribution in [3.8, 4) is 0 Å². The zero-order chi connectivity index (χ0) is 21.9. The molecule has 0 aliphatic heterocycles. The zero-order valence-corrected chi connectivity index (χ0v) is 17.9. The van der Waals surface area contributed by atoms with Gasteiger partial charge in [-0.2, -0.15) is 0 Å². The Labute approximate surface area is 179 Å². The van der Waals surface area contributed by atoms with E-state index in [1.165, 1.54) is 54.4 Å². The first kappa shape index (κ1) is 21.7. The number of pyridine rings is 1. The van der Waals surface area contributed by atoms with Gasteiger partial charge in [0.15, 0.2) is 0 Å². The van der Waals surface area contributed by atoms with Crippen LogP contribution in [0.2, 0.25) is 5.02 Å². The second-order valence-electron chi connectivity index (χ2n) is 6.61. The number of benzene rings is 2. The van der Waals surface area contributed by atoms with Crippen molar-refractivity contribution in [3.05, 3.63) is 89.0 Å². The van der Waals surface area contributed by atoms with Crippen LogP contribution < -0.4 is 4.31 Å². The van der Waals surface area contributed by atoms with Gasteiger partial charge in [-0.3, -0.25) is 14.1 Å². The zero-order valence-electron chi connectivity index (χ0n) is 16.3. The third kappa shape index (κ3) is 4.60. The number of anilines is 1. The number of rotatable bonds is 6. The molecule has 0 atom stereocenters. The van der Waals surface area contributed by atoms with Crippen molar-refractivity contribution < 1.29 is 17.6 Å². The number of nitrogens with zero attached hydrogens (tertiary/aromatic N) is 3. The summed E-state index contributed by atoms with van der Waals surface area (Å²) < 4.78 is 40.2. The van der Waals surface area contributed by atoms with Crippen LogP contribution >= 0.6 is 11.6 Å². The van der Waals surface area contributed by atoms with E-state index in [1.807, 2.05) is 0 Å². The highest BCUT2D eigenvalue weighted by Gasteiger charge is 2.25. The van der Waals surface area contributed by atoms with E-state index < -0.39 is 21.7 Å². The van der Waals surface area contributed by atoms with Crippen LogP contribution in [0.1, 0.15) is 15.9 Å². The van der Waals surface area contributed by atoms with E-state index in [4.69, 9.17) is 11.6 Å². The Morgan fingerprint density at radius 1 is 1.03 bits per heavy atom. The Bertz CT molecular complexity index is 1160. The van der Waals surface area contributed by atoms with Crippen LogP contribution in [0.3, 0.4) is 0 Å². The molecule has 0 spiro atoms. The lowest BCUT2D eigenvalue weighted by Crippen LogP contribution is -2.28. The Morgan fingerprint density at radius 3 is 2.30 bits per heavy atom. The normalized spacial score (nSPS) is 11.2. The summed E-state index contributed by atoms with van der Waals surface area (Å²) in [7, 11) is -1.03. The van der Waals surface area contributed by atoms with Crippen LogP contribution in [0.4, 0.5) is 10.1 Å². The molecule has 2 aromatic carbocycles. The molecule has 0 aliphatic carbocycles. The summed E-state index contributed by atoms with van der Waals surface area (Å²) in [6.45, 7) is 0.310. The van der Waals surface area contributed by atoms with Crippen molar-refractivity contribution in [2.75, 3.05) is 18.4 Å². The van der Waals surface area contributed by atoms with Crippen LogP contribution in [-0.4, -0.2) is 38.3 Å². The molecule has 1 amide bonds. The minimum Gasteiger partial charge on any atom is -0.337 e. The molecule has 1 heterocycles. The average molecular weight is 448 g/mol. The molecule has 3 aromatic rings. The van der Waals surface area contributed by atoms with E-state index in [1.54, 1.807) is 31.6 Å². The van der Waals surface area contributed by atoms with Gasteiger partial charge in [0.05, 0.1) is 21.2 Å². The molecule has 30 heavy (non-hydrogen) atoms. The van der Waals surface area contributed by atoms with E-state index >= 15 is 0 Å². The van der Waals surface area contributed by atoms with E-state index in [-0.39, 0.29) is 21.2 Å². The van der Waals surface area contributed by atoms with Crippen LogP contribution in [-0.2, 0) is 16.6 Å². The van der Waals surface area contributed by atoms with Crippen LogP contribution in [0.5, 0.6) is 0 Å². The monoisotopic (exact) mass is 447 g/mol. The maximum absolute atomic E-state index is 13.2. The molecule has 0 radical (unpaired) electrons. The lowest BCUT2D eigenvalue weighted by atomic mass is 10.2. The smallest absolute Gasteiger partial charge is 0.264 e. The fraction of sp³-hybridized carbons (Fsp3) is 0.143. The SMILES string of the molecule is CN(Cc1ccncc1)C(=O)c1cc(S(=O)(=O)N(C)c2ccc(F)cc2)ccc1Cl.